The van der Waals surface area contributed by atoms with Crippen molar-refractivity contribution in [1.82, 2.24) is 15.5 Å². The summed E-state index contributed by atoms with van der Waals surface area (Å²) in [6.07, 6.45) is -0.0420. The van der Waals surface area contributed by atoms with E-state index in [9.17, 15) is 14.4 Å². The van der Waals surface area contributed by atoms with Crippen LogP contribution in [0.4, 0.5) is 4.79 Å². The van der Waals surface area contributed by atoms with Crippen molar-refractivity contribution in [3.8, 4) is 0 Å². The minimum Gasteiger partial charge on any atom is -0.481 e. The van der Waals surface area contributed by atoms with Gasteiger partial charge in [-0.05, 0) is 34.6 Å². The third-order valence-electron chi connectivity index (χ3n) is 2.43. The molecular weight excluding hydrogens is 262 g/mol. The molecule has 0 heterocycles. The lowest BCUT2D eigenvalue weighted by atomic mass is 10.1. The Kier molecular flexibility index (Phi) is 7.20. The molecule has 0 aromatic rings. The summed E-state index contributed by atoms with van der Waals surface area (Å²) in [5.41, 5.74) is -0.425. The number of urea groups is 1. The van der Waals surface area contributed by atoms with Crippen LogP contribution >= 0.6 is 0 Å². The van der Waals surface area contributed by atoms with Gasteiger partial charge in [0.2, 0.25) is 5.91 Å². The highest BCUT2D eigenvalue weighted by molar-refractivity contribution is 5.95. The molecule has 0 radical (unpaired) electrons. The van der Waals surface area contributed by atoms with Gasteiger partial charge < -0.3 is 10.4 Å². The predicted octanol–water partition coefficient (Wildman–Crippen LogP) is 0.796. The Bertz CT molecular complexity index is 361. The van der Waals surface area contributed by atoms with Gasteiger partial charge in [-0.15, -0.1) is 0 Å². The largest absolute Gasteiger partial charge is 0.481 e. The number of nitrogens with one attached hydrogen (secondary N) is 2. The molecule has 0 spiro atoms. The van der Waals surface area contributed by atoms with E-state index in [0.29, 0.717) is 0 Å². The standard InChI is InChI=1S/C13H25N3O4/c1-9(2)16(7-6-11(18)19)8-10(17)14-12(20)15-13(3,4)5/h9H,6-8H2,1-5H3,(H,18,19)(H2,14,15,17,20). The van der Waals surface area contributed by atoms with Crippen LogP contribution in [0.25, 0.3) is 0 Å². The summed E-state index contributed by atoms with van der Waals surface area (Å²) in [4.78, 5) is 35.5. The topological polar surface area (TPSA) is 98.7 Å². The van der Waals surface area contributed by atoms with Gasteiger partial charge in [-0.1, -0.05) is 0 Å². The molecule has 0 saturated heterocycles. The molecule has 3 N–H and O–H groups in total. The summed E-state index contributed by atoms with van der Waals surface area (Å²) >= 11 is 0. The number of carbonyl (C=O) groups is 3. The first-order valence-electron chi connectivity index (χ1n) is 6.59. The lowest BCUT2D eigenvalue weighted by molar-refractivity contribution is -0.138. The summed E-state index contributed by atoms with van der Waals surface area (Å²) in [7, 11) is 0. The number of imide groups is 1. The zero-order chi connectivity index (χ0) is 15.9. The monoisotopic (exact) mass is 287 g/mol. The molecule has 116 valence electrons. The first-order valence-corrected chi connectivity index (χ1v) is 6.59. The van der Waals surface area contributed by atoms with Crippen molar-refractivity contribution in [1.29, 1.82) is 0 Å². The first-order chi connectivity index (χ1) is 9.01. The van der Waals surface area contributed by atoms with Crippen molar-refractivity contribution >= 4 is 17.9 Å². The van der Waals surface area contributed by atoms with Gasteiger partial charge in [-0.3, -0.25) is 19.8 Å². The fourth-order valence-corrected chi connectivity index (χ4v) is 1.48. The maximum absolute atomic E-state index is 11.7. The van der Waals surface area contributed by atoms with E-state index in [2.05, 4.69) is 10.6 Å². The molecule has 0 aliphatic carbocycles. The molecule has 0 fully saturated rings. The van der Waals surface area contributed by atoms with Crippen LogP contribution in [-0.2, 0) is 9.59 Å². The van der Waals surface area contributed by atoms with Crippen LogP contribution < -0.4 is 10.6 Å². The van der Waals surface area contributed by atoms with Crippen molar-refractivity contribution in [2.24, 2.45) is 0 Å². The Morgan fingerprint density at radius 2 is 1.75 bits per heavy atom. The second-order valence-electron chi connectivity index (χ2n) is 5.96. The highest BCUT2D eigenvalue weighted by Crippen LogP contribution is 2.00. The number of hydrogen-bond donors (Lipinski definition) is 3. The number of carboxylic acid groups (broad SMARTS) is 1. The van der Waals surface area contributed by atoms with Gasteiger partial charge in [0.05, 0.1) is 13.0 Å². The molecule has 0 aromatic heterocycles. The predicted molar refractivity (Wildman–Crippen MR) is 75.4 cm³/mol. The maximum Gasteiger partial charge on any atom is 0.321 e. The normalized spacial score (nSPS) is 11.6. The Morgan fingerprint density at radius 1 is 1.20 bits per heavy atom. The fourth-order valence-electron chi connectivity index (χ4n) is 1.48. The SMILES string of the molecule is CC(C)N(CCC(=O)O)CC(=O)NC(=O)NC(C)(C)C. The molecule has 0 aliphatic rings. The van der Waals surface area contributed by atoms with Crippen LogP contribution in [0.3, 0.4) is 0 Å². The van der Waals surface area contributed by atoms with E-state index in [1.807, 2.05) is 34.6 Å². The number of carbonyl (C=O) groups excluding carboxylic acids is 2. The van der Waals surface area contributed by atoms with E-state index >= 15 is 0 Å². The van der Waals surface area contributed by atoms with Gasteiger partial charge >= 0.3 is 12.0 Å². The lowest BCUT2D eigenvalue weighted by Crippen LogP contribution is -2.51. The average molecular weight is 287 g/mol. The molecule has 0 unspecified atom stereocenters. The molecule has 7 heteroatoms. The number of hydrogen-bond acceptors (Lipinski definition) is 4. The number of amides is 3. The molecule has 3 amide bonds. The number of aliphatic carboxylic acids is 1. The van der Waals surface area contributed by atoms with Crippen LogP contribution in [0.1, 0.15) is 41.0 Å². The highest BCUT2D eigenvalue weighted by atomic mass is 16.4. The number of rotatable bonds is 6. The van der Waals surface area contributed by atoms with E-state index in [0.717, 1.165) is 0 Å². The first kappa shape index (κ1) is 18.4. The highest BCUT2D eigenvalue weighted by Gasteiger charge is 2.19. The van der Waals surface area contributed by atoms with Gasteiger partial charge in [0.1, 0.15) is 0 Å². The van der Waals surface area contributed by atoms with Crippen LogP contribution in [-0.4, -0.2) is 52.6 Å². The molecule has 0 rings (SSSR count). The van der Waals surface area contributed by atoms with Gasteiger partial charge in [0, 0.05) is 18.1 Å². The van der Waals surface area contributed by atoms with Crippen molar-refractivity contribution in [3.63, 3.8) is 0 Å². The molecule has 0 aromatic carbocycles. The quantitative estimate of drug-likeness (QED) is 0.671. The van der Waals surface area contributed by atoms with Crippen molar-refractivity contribution in [2.75, 3.05) is 13.1 Å². The molecule has 7 nitrogen and oxygen atoms in total. The van der Waals surface area contributed by atoms with Gasteiger partial charge in [0.25, 0.3) is 0 Å². The summed E-state index contributed by atoms with van der Waals surface area (Å²) in [6.45, 7) is 9.41. The van der Waals surface area contributed by atoms with Crippen molar-refractivity contribution in [3.05, 3.63) is 0 Å². The van der Waals surface area contributed by atoms with Crippen LogP contribution in [0.5, 0.6) is 0 Å². The van der Waals surface area contributed by atoms with Gasteiger partial charge in [-0.2, -0.15) is 0 Å². The Hall–Kier alpha value is -1.63. The second-order valence-corrected chi connectivity index (χ2v) is 5.96. The smallest absolute Gasteiger partial charge is 0.321 e. The van der Waals surface area contributed by atoms with Crippen LogP contribution in [0.15, 0.2) is 0 Å². The Balaban J connectivity index is 4.32. The van der Waals surface area contributed by atoms with E-state index < -0.39 is 23.4 Å². The fraction of sp³-hybridized carbons (Fsp3) is 0.769. The third-order valence-corrected chi connectivity index (χ3v) is 2.43. The minimum atomic E-state index is -0.915. The summed E-state index contributed by atoms with van der Waals surface area (Å²) in [6, 6.07) is -0.532. The van der Waals surface area contributed by atoms with Gasteiger partial charge in [0.15, 0.2) is 0 Å². The number of nitrogens with zero attached hydrogens (tertiary/aromatic N) is 1. The van der Waals surface area contributed by atoms with Crippen molar-refractivity contribution in [2.45, 2.75) is 52.6 Å². The van der Waals surface area contributed by atoms with E-state index in [4.69, 9.17) is 5.11 Å². The van der Waals surface area contributed by atoms with E-state index in [1.54, 1.807) is 4.90 Å². The summed E-state index contributed by atoms with van der Waals surface area (Å²) in [5, 5.41) is 13.5. The van der Waals surface area contributed by atoms with Crippen LogP contribution in [0, 0.1) is 0 Å². The molecular formula is C13H25N3O4. The third kappa shape index (κ3) is 9.32. The maximum atomic E-state index is 11.7. The average Bonchev–Trinajstić information content (AvgIpc) is 2.20. The van der Waals surface area contributed by atoms with Crippen molar-refractivity contribution < 1.29 is 19.5 Å². The lowest BCUT2D eigenvalue weighted by Gasteiger charge is -2.25. The second kappa shape index (κ2) is 7.84. The van der Waals surface area contributed by atoms with E-state index in [-0.39, 0.29) is 25.6 Å². The molecule has 0 bridgehead atoms. The van der Waals surface area contributed by atoms with Crippen LogP contribution in [0.2, 0.25) is 0 Å². The number of carboxylic acids is 1. The molecule has 0 atom stereocenters. The molecule has 0 saturated carbocycles. The summed E-state index contributed by atoms with van der Waals surface area (Å²) in [5.74, 6) is -1.37. The minimum absolute atomic E-state index is 0.0114. The Labute approximate surface area is 119 Å². The molecule has 20 heavy (non-hydrogen) atoms. The summed E-state index contributed by atoms with van der Waals surface area (Å²) < 4.78 is 0. The zero-order valence-electron chi connectivity index (χ0n) is 12.8. The van der Waals surface area contributed by atoms with Gasteiger partial charge in [-0.25, -0.2) is 4.79 Å². The Morgan fingerprint density at radius 3 is 2.15 bits per heavy atom. The molecule has 0 aliphatic heterocycles. The zero-order valence-corrected chi connectivity index (χ0v) is 12.8. The van der Waals surface area contributed by atoms with E-state index in [1.165, 1.54) is 0 Å².